The lowest BCUT2D eigenvalue weighted by Gasteiger charge is -2.35. The van der Waals surface area contributed by atoms with Crippen LogP contribution in [0.3, 0.4) is 0 Å². The van der Waals surface area contributed by atoms with Gasteiger partial charge in [0, 0.05) is 51.3 Å². The van der Waals surface area contributed by atoms with Gasteiger partial charge in [0.15, 0.2) is 6.04 Å². The Morgan fingerprint density at radius 1 is 0.635 bits per heavy atom. The van der Waals surface area contributed by atoms with Crippen LogP contribution in [0.15, 0.2) is 130 Å². The molecule has 33 nitrogen and oxygen atoms in total. The van der Waals surface area contributed by atoms with Gasteiger partial charge in [-0.2, -0.15) is 0 Å². The van der Waals surface area contributed by atoms with Crippen LogP contribution in [-0.2, 0) is 108 Å². The maximum atomic E-state index is 14.5. The van der Waals surface area contributed by atoms with Crippen LogP contribution in [0.2, 0.25) is 0 Å². The molecule has 4 aromatic rings. The first-order valence-corrected chi connectivity index (χ1v) is 48.4. The van der Waals surface area contributed by atoms with E-state index in [4.69, 9.17) is 19.9 Å². The number of Topliss-reactive ketones (excluding diaryl/α,β-unsaturated/α-hetero) is 1. The molecule has 4 aromatic carbocycles. The zero-order valence-corrected chi connectivity index (χ0v) is 78.0. The number of likely N-dealkylation sites (tertiary alicyclic amines) is 2. The zero-order chi connectivity index (χ0) is 89.7. The number of hydrogen-bond acceptors (Lipinski definition) is 22. The van der Waals surface area contributed by atoms with Crippen LogP contribution >= 0.6 is 57.6 Å². The molecule has 6 fully saturated rings. The molecule has 11 atom stereocenters. The molecule has 8 aliphatic rings. The van der Waals surface area contributed by atoms with Gasteiger partial charge in [0.1, 0.15) is 35.8 Å². The normalized spacial score (nSPS) is 22.0. The molecular formula is C87H123ClI2N12O21S3. The number of nitrogens with one attached hydrogen (secondary N) is 8. The summed E-state index contributed by atoms with van der Waals surface area (Å²) in [5.74, 6) is -7.89. The van der Waals surface area contributed by atoms with Gasteiger partial charge in [-0.15, -0.1) is 12.4 Å². The predicted octanol–water partition coefficient (Wildman–Crippen LogP) is 7.39. The first kappa shape index (κ1) is 107. The number of rotatable bonds is 26. The van der Waals surface area contributed by atoms with Crippen molar-refractivity contribution in [3.8, 4) is 0 Å². The largest absolute Gasteiger partial charge is 0.467 e. The molecule has 4 bridgehead atoms. The van der Waals surface area contributed by atoms with Gasteiger partial charge in [-0.25, -0.2) is 53.8 Å². The highest BCUT2D eigenvalue weighted by Gasteiger charge is 2.50. The van der Waals surface area contributed by atoms with Crippen molar-refractivity contribution in [2.24, 2.45) is 23.5 Å². The Morgan fingerprint density at radius 2 is 1.13 bits per heavy atom. The Balaban J connectivity index is 0.000000312. The number of carbonyl (C=O) groups excluding carboxylic acids is 12. The number of amides is 8. The summed E-state index contributed by atoms with van der Waals surface area (Å²) in [4.78, 5) is 163. The van der Waals surface area contributed by atoms with Crippen molar-refractivity contribution in [3.63, 3.8) is 0 Å². The quantitative estimate of drug-likeness (QED) is 0.00972. The molecule has 10 N–H and O–H groups in total. The van der Waals surface area contributed by atoms with E-state index in [1.54, 1.807) is 94.4 Å². The Kier molecular flexibility index (Phi) is 41.5. The van der Waals surface area contributed by atoms with Crippen LogP contribution in [0.4, 0.5) is 0 Å². The second-order valence-electron chi connectivity index (χ2n) is 33.1. The predicted molar refractivity (Wildman–Crippen MR) is 490 cm³/mol. The summed E-state index contributed by atoms with van der Waals surface area (Å²) in [6.07, 6.45) is 15.7. The van der Waals surface area contributed by atoms with Crippen molar-refractivity contribution in [3.05, 3.63) is 134 Å². The number of esters is 3. The van der Waals surface area contributed by atoms with Gasteiger partial charge in [0.2, 0.25) is 77.2 Å². The number of nitrogens with two attached hydrogens (primary N) is 1. The van der Waals surface area contributed by atoms with E-state index in [2.05, 4.69) is 92.5 Å². The number of fused-ring (bicyclic) bond motifs is 8. The second kappa shape index (κ2) is 49.1. The van der Waals surface area contributed by atoms with Gasteiger partial charge in [0.05, 0.1) is 47.5 Å². The number of carbonyl (C=O) groups is 12. The number of halogens is 3. The number of nitrogens with zero attached hydrogens (tertiary/aromatic N) is 3. The van der Waals surface area contributed by atoms with Crippen LogP contribution in [0.25, 0.3) is 0 Å². The maximum Gasteiger partial charge on any atom is 0.333 e. The highest BCUT2D eigenvalue weighted by molar-refractivity contribution is 14.1. The number of ketones is 1. The molecule has 3 unspecified atom stereocenters. The monoisotopic (exact) mass is 2060 g/mol. The summed E-state index contributed by atoms with van der Waals surface area (Å²) >= 11 is 4.19. The molecular weight excluding hydrogens is 1930 g/mol. The fourth-order valence-electron chi connectivity index (χ4n) is 16.8. The fourth-order valence-corrected chi connectivity index (χ4v) is 21.2. The number of sulfonamides is 3. The maximum absolute atomic E-state index is 14.5. The Morgan fingerprint density at radius 3 is 1.63 bits per heavy atom. The minimum Gasteiger partial charge on any atom is -0.467 e. The average molecular weight is 2060 g/mol. The highest BCUT2D eigenvalue weighted by Crippen LogP contribution is 2.35. The Labute approximate surface area is 773 Å². The lowest BCUT2D eigenvalue weighted by Crippen LogP contribution is -2.58. The molecule has 5 heterocycles. The smallest absolute Gasteiger partial charge is 0.333 e. The molecule has 3 saturated carbocycles. The summed E-state index contributed by atoms with van der Waals surface area (Å²) in [6, 6.07) is 17.2. The van der Waals surface area contributed by atoms with Crippen LogP contribution in [0.1, 0.15) is 195 Å². The number of hydrogen-bond donors (Lipinski definition) is 9. The van der Waals surface area contributed by atoms with E-state index in [1.165, 1.54) is 65.3 Å². The van der Waals surface area contributed by atoms with Gasteiger partial charge in [-0.1, -0.05) is 135 Å². The average Bonchev–Trinajstić information content (AvgIpc) is 1.65. The Bertz CT molecular complexity index is 4790. The van der Waals surface area contributed by atoms with E-state index in [0.717, 1.165) is 102 Å². The molecule has 0 aromatic heterocycles. The Hall–Kier alpha value is -8.10. The van der Waals surface area contributed by atoms with E-state index in [0.29, 0.717) is 31.2 Å². The second-order valence-corrected chi connectivity index (χ2v) is 40.7. The number of aryl methyl sites for hydroxylation is 1. The topological polar surface area (TPSA) is 467 Å². The van der Waals surface area contributed by atoms with Crippen molar-refractivity contribution >= 4 is 159 Å². The zero-order valence-electron chi connectivity index (χ0n) is 70.4. The molecule has 5 aliphatic heterocycles. The summed E-state index contributed by atoms with van der Waals surface area (Å²) in [5, 5.41) is 13.1. The summed E-state index contributed by atoms with van der Waals surface area (Å²) in [7, 11) is -9.23. The van der Waals surface area contributed by atoms with Gasteiger partial charge in [-0.05, 0) is 232 Å². The number of ether oxygens (including phenoxy) is 3. The summed E-state index contributed by atoms with van der Waals surface area (Å²) in [6.45, 7) is 9.49. The highest BCUT2D eigenvalue weighted by atomic mass is 127. The standard InChI is InChI=1S/C42H56N6O10S.C23H30IN3O6S.C20H28IN3O5S.2CH4.ClH/c1-5-12-31(37(51)39(53)43-24-34(50)46-36(28-15-10-7-11-16-28)41(55)58-42(2,3)4)44-38(52)32-23-29-25-48(32)40(54)35(27-13-8-6-9-14-27)45-33(49)22-19-26-17-20-30(21-18-26)59(56,57)47-29;1-3-20(28)25-21(15-7-5-4-6-8-15)22(29)27-14-17(13-19(27)23(30)33-2)26-34(31,32)18-11-9-16(24)10-12-18;1-29-20(26)17-11-15(23-30(27,28)16-9-7-14(21)8-10-16)12-24(17)19(25)18(22)13-5-3-2-4-6-13;;;/h7,10-11,15-18,20-21,27,29,31-32,35-36,47H,5-6,8-9,12-14,19,22-25H2,1-4H3,(H,43,53)(H,44,52)(H,45,49)(H,46,50);3,9-12,15,17,19,21,26H,1,4-8,13-14H2,2H3,(H,25,28);7-10,13,15,17-18,23H,2-6,11-12,22H2,1H3;2*1H4;1H/t29-,31?,32?,35?,36+;17-,19+,21+;15-,17+,18+;;;/m111.../s1. The van der Waals surface area contributed by atoms with Crippen molar-refractivity contribution in [1.29, 1.82) is 0 Å². The molecule has 12 rings (SSSR count). The fraction of sp³-hybridized carbons (Fsp3) is 0.563. The van der Waals surface area contributed by atoms with Gasteiger partial charge in [-0.3, -0.25) is 43.2 Å². The van der Waals surface area contributed by atoms with Crippen LogP contribution < -0.4 is 46.5 Å². The van der Waals surface area contributed by atoms with Crippen molar-refractivity contribution in [1.82, 2.24) is 55.4 Å². The SMILES string of the molecule is C.C.C=CC(=O)N[C@H](C(=O)N1C[C@H](NS(=O)(=O)c2ccc(I)cc2)C[C@H]1C(=O)OC)C1CCCCC1.CCCC(NC(=O)C1C[C@@H]2CN1C(=O)C(C1CCCCC1)NC(=O)CCc1ccc(cc1)S(=O)(=O)N2)C(=O)C(=O)NCC(=O)N[C@H](C(=O)OC(C)(C)C)c1ccccc1.COC(=O)[C@@H]1C[C@@H](NS(=O)(=O)c2ccc(I)cc2)CN1C(=O)[C@@H](N)C1CCCCC1.Cl. The first-order chi connectivity index (χ1) is 58.3. The van der Waals surface area contributed by atoms with Crippen molar-refractivity contribution < 1.29 is 97.0 Å². The lowest BCUT2D eigenvalue weighted by atomic mass is 9.83. The first-order valence-electron chi connectivity index (χ1n) is 41.8. The van der Waals surface area contributed by atoms with E-state index in [1.807, 2.05) is 0 Å². The minimum absolute atomic E-state index is 0. The third kappa shape index (κ3) is 29.7. The van der Waals surface area contributed by atoms with E-state index in [9.17, 15) is 82.8 Å². The molecule has 3 saturated heterocycles. The number of benzene rings is 4. The van der Waals surface area contributed by atoms with E-state index < -0.39 is 168 Å². The summed E-state index contributed by atoms with van der Waals surface area (Å²) < 4.78 is 103. The molecule has 0 spiro atoms. The van der Waals surface area contributed by atoms with Gasteiger partial charge >= 0.3 is 17.9 Å². The van der Waals surface area contributed by atoms with Crippen LogP contribution in [-0.4, -0.2) is 217 Å². The van der Waals surface area contributed by atoms with Gasteiger partial charge < -0.3 is 61.2 Å². The van der Waals surface area contributed by atoms with Crippen LogP contribution in [0, 0.1) is 24.9 Å². The molecule has 3 aliphatic carbocycles. The third-order valence-electron chi connectivity index (χ3n) is 23.0. The molecule has 126 heavy (non-hydrogen) atoms. The van der Waals surface area contributed by atoms with E-state index in [-0.39, 0.29) is 123 Å². The van der Waals surface area contributed by atoms with E-state index >= 15 is 0 Å². The third-order valence-corrected chi connectivity index (χ3v) is 29.1. The van der Waals surface area contributed by atoms with Gasteiger partial charge in [0.25, 0.3) is 5.91 Å². The van der Waals surface area contributed by atoms with Crippen molar-refractivity contribution in [2.75, 3.05) is 40.4 Å². The minimum atomic E-state index is -4.08. The molecule has 0 radical (unpaired) electrons. The lowest BCUT2D eigenvalue weighted by molar-refractivity contribution is -0.159. The summed E-state index contributed by atoms with van der Waals surface area (Å²) in [5.41, 5.74) is 6.63. The van der Waals surface area contributed by atoms with Crippen molar-refractivity contribution in [2.45, 2.75) is 271 Å². The number of methoxy groups -OCH3 is 2. The molecule has 39 heteroatoms. The van der Waals surface area contributed by atoms with Crippen LogP contribution in [0.5, 0.6) is 0 Å². The molecule has 696 valence electrons. The molecule has 8 amide bonds.